The average Bonchev–Trinajstić information content (AvgIpc) is 2.45. The molecule has 0 heterocycles. The van der Waals surface area contributed by atoms with Crippen molar-refractivity contribution < 1.29 is 0 Å². The van der Waals surface area contributed by atoms with E-state index in [1.807, 2.05) is 18.2 Å². The summed E-state index contributed by atoms with van der Waals surface area (Å²) < 4.78 is 0. The van der Waals surface area contributed by atoms with E-state index in [1.165, 1.54) is 11.1 Å². The molecule has 1 atom stereocenters. The predicted octanol–water partition coefficient (Wildman–Crippen LogP) is 4.92. The highest BCUT2D eigenvalue weighted by Gasteiger charge is 2.16. The number of halogens is 1. The Morgan fingerprint density at radius 3 is 2.14 bits per heavy atom. The van der Waals surface area contributed by atoms with E-state index in [0.29, 0.717) is 6.54 Å². The van der Waals surface area contributed by atoms with Gasteiger partial charge in [0.25, 0.3) is 0 Å². The van der Waals surface area contributed by atoms with Gasteiger partial charge in [-0.3, -0.25) is 0 Å². The van der Waals surface area contributed by atoms with Gasteiger partial charge in [-0.1, -0.05) is 74.8 Å². The van der Waals surface area contributed by atoms with E-state index in [-0.39, 0.29) is 11.3 Å². The van der Waals surface area contributed by atoms with Gasteiger partial charge in [0.2, 0.25) is 0 Å². The second-order valence-electron chi connectivity index (χ2n) is 6.61. The summed E-state index contributed by atoms with van der Waals surface area (Å²) in [5.74, 6) is 0.263. The molecule has 21 heavy (non-hydrogen) atoms. The van der Waals surface area contributed by atoms with Crippen molar-refractivity contribution in [1.82, 2.24) is 0 Å². The molecule has 0 aliphatic rings. The Morgan fingerprint density at radius 1 is 1.00 bits per heavy atom. The lowest BCUT2D eigenvalue weighted by molar-refractivity contribution is 0.589. The SMILES string of the molecule is CC(C)(C)c1ccc(CC(CN)c2ccccc2Cl)cc1. The van der Waals surface area contributed by atoms with Crippen molar-refractivity contribution >= 4 is 11.6 Å². The lowest BCUT2D eigenvalue weighted by atomic mass is 9.85. The third-order valence-corrected chi connectivity index (χ3v) is 4.28. The summed E-state index contributed by atoms with van der Waals surface area (Å²) in [7, 11) is 0. The molecule has 2 aromatic carbocycles. The summed E-state index contributed by atoms with van der Waals surface area (Å²) in [4.78, 5) is 0. The van der Waals surface area contributed by atoms with E-state index < -0.39 is 0 Å². The number of rotatable bonds is 4. The van der Waals surface area contributed by atoms with Crippen molar-refractivity contribution in [2.75, 3.05) is 6.54 Å². The minimum atomic E-state index is 0.189. The van der Waals surface area contributed by atoms with Gasteiger partial charge in [-0.05, 0) is 41.1 Å². The molecule has 112 valence electrons. The predicted molar refractivity (Wildman–Crippen MR) is 92.1 cm³/mol. The van der Waals surface area contributed by atoms with Crippen LogP contribution in [0.25, 0.3) is 0 Å². The van der Waals surface area contributed by atoms with Crippen molar-refractivity contribution in [3.05, 3.63) is 70.2 Å². The van der Waals surface area contributed by atoms with Gasteiger partial charge in [0.1, 0.15) is 0 Å². The monoisotopic (exact) mass is 301 g/mol. The minimum absolute atomic E-state index is 0.189. The number of hydrogen-bond donors (Lipinski definition) is 1. The van der Waals surface area contributed by atoms with Crippen molar-refractivity contribution in [2.45, 2.75) is 38.5 Å². The molecular weight excluding hydrogens is 278 g/mol. The number of nitrogens with two attached hydrogens (primary N) is 1. The third kappa shape index (κ3) is 4.09. The first-order chi connectivity index (χ1) is 9.91. The largest absolute Gasteiger partial charge is 0.330 e. The first-order valence-electron chi connectivity index (χ1n) is 7.45. The summed E-state index contributed by atoms with van der Waals surface area (Å²) in [6.07, 6.45) is 0.921. The smallest absolute Gasteiger partial charge is 0.0441 e. The van der Waals surface area contributed by atoms with Crippen LogP contribution in [0, 0.1) is 0 Å². The zero-order valence-corrected chi connectivity index (χ0v) is 13.8. The molecular formula is C19H24ClN. The third-order valence-electron chi connectivity index (χ3n) is 3.93. The molecule has 2 aromatic rings. The van der Waals surface area contributed by atoms with E-state index in [1.54, 1.807) is 0 Å². The van der Waals surface area contributed by atoms with Gasteiger partial charge in [0, 0.05) is 10.9 Å². The van der Waals surface area contributed by atoms with Crippen LogP contribution in [0.1, 0.15) is 43.4 Å². The molecule has 2 N–H and O–H groups in total. The maximum absolute atomic E-state index is 6.29. The molecule has 2 heteroatoms. The first-order valence-corrected chi connectivity index (χ1v) is 7.83. The molecule has 0 saturated heterocycles. The highest BCUT2D eigenvalue weighted by atomic mass is 35.5. The van der Waals surface area contributed by atoms with Gasteiger partial charge >= 0.3 is 0 Å². The van der Waals surface area contributed by atoms with Crippen LogP contribution < -0.4 is 5.73 Å². The van der Waals surface area contributed by atoms with Crippen molar-refractivity contribution in [1.29, 1.82) is 0 Å². The minimum Gasteiger partial charge on any atom is -0.330 e. The van der Waals surface area contributed by atoms with Crippen LogP contribution in [0.5, 0.6) is 0 Å². The Kier molecular flexibility index (Phi) is 5.08. The van der Waals surface area contributed by atoms with Gasteiger partial charge in [0.15, 0.2) is 0 Å². The quantitative estimate of drug-likeness (QED) is 0.852. The topological polar surface area (TPSA) is 26.0 Å². The lowest BCUT2D eigenvalue weighted by Gasteiger charge is -2.20. The van der Waals surface area contributed by atoms with E-state index >= 15 is 0 Å². The molecule has 0 amide bonds. The molecule has 0 aliphatic heterocycles. The van der Waals surface area contributed by atoms with Crippen LogP contribution in [-0.2, 0) is 11.8 Å². The molecule has 1 unspecified atom stereocenters. The molecule has 1 nitrogen and oxygen atoms in total. The zero-order valence-electron chi connectivity index (χ0n) is 13.1. The average molecular weight is 302 g/mol. The Labute approximate surface area is 133 Å². The van der Waals surface area contributed by atoms with Crippen molar-refractivity contribution in [3.63, 3.8) is 0 Å². The van der Waals surface area contributed by atoms with E-state index in [4.69, 9.17) is 17.3 Å². The maximum atomic E-state index is 6.29. The zero-order chi connectivity index (χ0) is 15.5. The summed E-state index contributed by atoms with van der Waals surface area (Å²) in [6, 6.07) is 16.8. The van der Waals surface area contributed by atoms with Gasteiger partial charge in [-0.2, -0.15) is 0 Å². The molecule has 0 saturated carbocycles. The lowest BCUT2D eigenvalue weighted by Crippen LogP contribution is -2.16. The van der Waals surface area contributed by atoms with Crippen LogP contribution in [0.3, 0.4) is 0 Å². The van der Waals surface area contributed by atoms with Gasteiger partial charge in [0.05, 0.1) is 0 Å². The fourth-order valence-electron chi connectivity index (χ4n) is 2.55. The molecule has 0 aliphatic carbocycles. The summed E-state index contributed by atoms with van der Waals surface area (Å²) in [5.41, 5.74) is 9.95. The molecule has 0 bridgehead atoms. The highest BCUT2D eigenvalue weighted by molar-refractivity contribution is 6.31. The van der Waals surface area contributed by atoms with E-state index in [2.05, 4.69) is 51.1 Å². The van der Waals surface area contributed by atoms with Crippen LogP contribution >= 0.6 is 11.6 Å². The standard InChI is InChI=1S/C19H24ClN/c1-19(2,3)16-10-8-14(9-11-16)12-15(13-21)17-6-4-5-7-18(17)20/h4-11,15H,12-13,21H2,1-3H3. The Hall–Kier alpha value is -1.31. The van der Waals surface area contributed by atoms with Crippen molar-refractivity contribution in [2.24, 2.45) is 5.73 Å². The molecule has 0 spiro atoms. The van der Waals surface area contributed by atoms with Gasteiger partial charge < -0.3 is 5.73 Å². The second-order valence-corrected chi connectivity index (χ2v) is 7.01. The highest BCUT2D eigenvalue weighted by Crippen LogP contribution is 2.28. The molecule has 0 fully saturated rings. The van der Waals surface area contributed by atoms with Gasteiger partial charge in [-0.15, -0.1) is 0 Å². The van der Waals surface area contributed by atoms with Crippen LogP contribution in [0.4, 0.5) is 0 Å². The molecule has 0 aromatic heterocycles. The summed E-state index contributed by atoms with van der Waals surface area (Å²) >= 11 is 6.29. The van der Waals surface area contributed by atoms with E-state index in [0.717, 1.165) is 17.0 Å². The number of benzene rings is 2. The summed E-state index contributed by atoms with van der Waals surface area (Å²) in [5, 5.41) is 0.805. The normalized spacial score (nSPS) is 13.2. The van der Waals surface area contributed by atoms with Gasteiger partial charge in [-0.25, -0.2) is 0 Å². The molecule has 2 rings (SSSR count). The van der Waals surface area contributed by atoms with Crippen LogP contribution in [0.15, 0.2) is 48.5 Å². The fraction of sp³-hybridized carbons (Fsp3) is 0.368. The Balaban J connectivity index is 2.18. The first kappa shape index (κ1) is 16.1. The second kappa shape index (κ2) is 6.64. The van der Waals surface area contributed by atoms with Crippen LogP contribution in [0.2, 0.25) is 5.02 Å². The Morgan fingerprint density at radius 2 is 1.62 bits per heavy atom. The summed E-state index contributed by atoms with van der Waals surface area (Å²) in [6.45, 7) is 7.29. The van der Waals surface area contributed by atoms with Crippen LogP contribution in [-0.4, -0.2) is 6.54 Å². The maximum Gasteiger partial charge on any atom is 0.0441 e. The molecule has 0 radical (unpaired) electrons. The Bertz CT molecular complexity index is 581. The van der Waals surface area contributed by atoms with Crippen molar-refractivity contribution in [3.8, 4) is 0 Å². The fourth-order valence-corrected chi connectivity index (χ4v) is 2.84. The van der Waals surface area contributed by atoms with E-state index in [9.17, 15) is 0 Å². The number of hydrogen-bond acceptors (Lipinski definition) is 1.